The minimum absolute atomic E-state index is 0.297. The van der Waals surface area contributed by atoms with Crippen LogP contribution >= 0.6 is 11.8 Å². The van der Waals surface area contributed by atoms with Crippen molar-refractivity contribution in [2.45, 2.75) is 32.7 Å². The van der Waals surface area contributed by atoms with E-state index < -0.39 is 0 Å². The number of carbonyl (C=O) groups is 1. The molecule has 0 aromatic heterocycles. The van der Waals surface area contributed by atoms with E-state index in [1.54, 1.807) is 6.92 Å². The molecule has 0 aromatic rings. The highest BCUT2D eigenvalue weighted by Crippen LogP contribution is 2.04. The monoisotopic (exact) mass is 203 g/mol. The standard InChI is InChI=1S/C10H21NOS/c1-9(8-13-4)11(3)7-5-6-10(2)12/h9H,5-8H2,1-4H3. The van der Waals surface area contributed by atoms with Gasteiger partial charge in [-0.05, 0) is 40.1 Å². The second kappa shape index (κ2) is 7.39. The fourth-order valence-corrected chi connectivity index (χ4v) is 1.90. The molecular formula is C10H21NOS. The quantitative estimate of drug-likeness (QED) is 0.631. The summed E-state index contributed by atoms with van der Waals surface area (Å²) < 4.78 is 0. The Labute approximate surface area is 86.1 Å². The van der Waals surface area contributed by atoms with E-state index >= 15 is 0 Å². The molecule has 3 heteroatoms. The summed E-state index contributed by atoms with van der Waals surface area (Å²) in [5.41, 5.74) is 0. The van der Waals surface area contributed by atoms with Gasteiger partial charge in [0.05, 0.1) is 0 Å². The molecule has 1 atom stereocenters. The molecule has 0 bridgehead atoms. The SMILES string of the molecule is CSCC(C)N(C)CCCC(C)=O. The van der Waals surface area contributed by atoms with E-state index in [1.807, 2.05) is 11.8 Å². The van der Waals surface area contributed by atoms with Crippen molar-refractivity contribution in [2.75, 3.05) is 25.6 Å². The van der Waals surface area contributed by atoms with Gasteiger partial charge in [0.15, 0.2) is 0 Å². The highest BCUT2D eigenvalue weighted by molar-refractivity contribution is 7.98. The Morgan fingerprint density at radius 2 is 2.15 bits per heavy atom. The van der Waals surface area contributed by atoms with E-state index in [4.69, 9.17) is 0 Å². The van der Waals surface area contributed by atoms with Gasteiger partial charge in [0.2, 0.25) is 0 Å². The number of rotatable bonds is 7. The molecule has 0 fully saturated rings. The van der Waals surface area contributed by atoms with Crippen LogP contribution in [-0.2, 0) is 4.79 Å². The van der Waals surface area contributed by atoms with Crippen LogP contribution in [0.2, 0.25) is 0 Å². The molecular weight excluding hydrogens is 182 g/mol. The summed E-state index contributed by atoms with van der Waals surface area (Å²) in [7, 11) is 2.13. The van der Waals surface area contributed by atoms with E-state index in [1.165, 1.54) is 0 Å². The molecule has 0 saturated carbocycles. The third-order valence-corrected chi connectivity index (χ3v) is 3.02. The van der Waals surface area contributed by atoms with Gasteiger partial charge in [0.1, 0.15) is 5.78 Å². The molecule has 0 aliphatic heterocycles. The van der Waals surface area contributed by atoms with Crippen molar-refractivity contribution in [3.8, 4) is 0 Å². The molecule has 0 aliphatic carbocycles. The maximum absolute atomic E-state index is 10.7. The molecule has 0 saturated heterocycles. The zero-order chi connectivity index (χ0) is 10.3. The van der Waals surface area contributed by atoms with Crippen LogP contribution in [0.4, 0.5) is 0 Å². The number of thioether (sulfide) groups is 1. The molecule has 1 unspecified atom stereocenters. The lowest BCUT2D eigenvalue weighted by Gasteiger charge is -2.23. The summed E-state index contributed by atoms with van der Waals surface area (Å²) in [6, 6.07) is 0.613. The number of carbonyl (C=O) groups excluding carboxylic acids is 1. The third kappa shape index (κ3) is 7.08. The van der Waals surface area contributed by atoms with E-state index in [0.29, 0.717) is 11.8 Å². The molecule has 0 radical (unpaired) electrons. The summed E-state index contributed by atoms with van der Waals surface area (Å²) in [4.78, 5) is 13.0. The van der Waals surface area contributed by atoms with Gasteiger partial charge < -0.3 is 9.69 Å². The molecule has 0 amide bonds. The minimum atomic E-state index is 0.297. The largest absolute Gasteiger partial charge is 0.303 e. The fourth-order valence-electron chi connectivity index (χ4n) is 1.17. The molecule has 0 spiro atoms. The van der Waals surface area contributed by atoms with Gasteiger partial charge in [0.25, 0.3) is 0 Å². The zero-order valence-corrected chi connectivity index (χ0v) is 9.99. The normalized spacial score (nSPS) is 13.3. The van der Waals surface area contributed by atoms with Crippen molar-refractivity contribution in [1.82, 2.24) is 4.90 Å². The highest BCUT2D eigenvalue weighted by atomic mass is 32.2. The number of ketones is 1. The van der Waals surface area contributed by atoms with Crippen LogP contribution in [0.25, 0.3) is 0 Å². The minimum Gasteiger partial charge on any atom is -0.303 e. The predicted octanol–water partition coefficient (Wildman–Crippen LogP) is 2.04. The van der Waals surface area contributed by atoms with Crippen LogP contribution in [0.5, 0.6) is 0 Å². The van der Waals surface area contributed by atoms with Gasteiger partial charge >= 0.3 is 0 Å². The summed E-state index contributed by atoms with van der Waals surface area (Å²) in [6.45, 7) is 4.91. The average Bonchev–Trinajstić information content (AvgIpc) is 2.04. The number of hydrogen-bond acceptors (Lipinski definition) is 3. The Morgan fingerprint density at radius 1 is 1.54 bits per heavy atom. The molecule has 0 aliphatic rings. The van der Waals surface area contributed by atoms with Crippen molar-refractivity contribution in [3.63, 3.8) is 0 Å². The first-order valence-corrected chi connectivity index (χ1v) is 6.16. The van der Waals surface area contributed by atoms with Crippen LogP contribution in [-0.4, -0.2) is 42.3 Å². The molecule has 2 nitrogen and oxygen atoms in total. The van der Waals surface area contributed by atoms with Crippen LogP contribution in [0, 0.1) is 0 Å². The van der Waals surface area contributed by atoms with Crippen LogP contribution in [0.3, 0.4) is 0 Å². The van der Waals surface area contributed by atoms with E-state index in [9.17, 15) is 4.79 Å². The lowest BCUT2D eigenvalue weighted by atomic mass is 10.2. The lowest BCUT2D eigenvalue weighted by molar-refractivity contribution is -0.117. The van der Waals surface area contributed by atoms with Crippen molar-refractivity contribution < 1.29 is 4.79 Å². The van der Waals surface area contributed by atoms with Gasteiger partial charge in [-0.15, -0.1) is 0 Å². The first kappa shape index (κ1) is 13.0. The third-order valence-electron chi connectivity index (χ3n) is 2.20. The maximum atomic E-state index is 10.7. The number of Topliss-reactive ketones (excluding diaryl/α,β-unsaturated/α-hetero) is 1. The van der Waals surface area contributed by atoms with Gasteiger partial charge in [-0.25, -0.2) is 0 Å². The van der Waals surface area contributed by atoms with Crippen LogP contribution < -0.4 is 0 Å². The Bertz CT molecular complexity index is 150. The Hall–Kier alpha value is -0.0200. The first-order chi connectivity index (χ1) is 6.07. The zero-order valence-electron chi connectivity index (χ0n) is 9.17. The van der Waals surface area contributed by atoms with Crippen molar-refractivity contribution in [1.29, 1.82) is 0 Å². The second-order valence-corrected chi connectivity index (χ2v) is 4.50. The van der Waals surface area contributed by atoms with Crippen LogP contribution in [0.1, 0.15) is 26.7 Å². The Balaban J connectivity index is 3.49. The van der Waals surface area contributed by atoms with E-state index in [2.05, 4.69) is 25.1 Å². The van der Waals surface area contributed by atoms with Crippen molar-refractivity contribution >= 4 is 17.5 Å². The van der Waals surface area contributed by atoms with Crippen molar-refractivity contribution in [3.05, 3.63) is 0 Å². The maximum Gasteiger partial charge on any atom is 0.129 e. The van der Waals surface area contributed by atoms with Gasteiger partial charge in [0, 0.05) is 18.2 Å². The summed E-state index contributed by atoms with van der Waals surface area (Å²) in [5.74, 6) is 1.46. The molecule has 0 aromatic carbocycles. The molecule has 0 heterocycles. The topological polar surface area (TPSA) is 20.3 Å². The van der Waals surface area contributed by atoms with E-state index in [0.717, 1.165) is 25.1 Å². The van der Waals surface area contributed by atoms with E-state index in [-0.39, 0.29) is 0 Å². The first-order valence-electron chi connectivity index (χ1n) is 4.76. The van der Waals surface area contributed by atoms with Gasteiger partial charge in [-0.2, -0.15) is 11.8 Å². The summed E-state index contributed by atoms with van der Waals surface area (Å²) in [5, 5.41) is 0. The van der Waals surface area contributed by atoms with Crippen LogP contribution in [0.15, 0.2) is 0 Å². The van der Waals surface area contributed by atoms with Gasteiger partial charge in [-0.3, -0.25) is 0 Å². The average molecular weight is 203 g/mol. The predicted molar refractivity (Wildman–Crippen MR) is 60.4 cm³/mol. The second-order valence-electron chi connectivity index (χ2n) is 3.59. The smallest absolute Gasteiger partial charge is 0.129 e. The molecule has 0 rings (SSSR count). The Morgan fingerprint density at radius 3 is 2.62 bits per heavy atom. The lowest BCUT2D eigenvalue weighted by Crippen LogP contribution is -2.32. The Kier molecular flexibility index (Phi) is 7.38. The molecule has 13 heavy (non-hydrogen) atoms. The van der Waals surface area contributed by atoms with Gasteiger partial charge in [-0.1, -0.05) is 0 Å². The summed E-state index contributed by atoms with van der Waals surface area (Å²) in [6.07, 6.45) is 3.83. The highest BCUT2D eigenvalue weighted by Gasteiger charge is 2.07. The number of nitrogens with zero attached hydrogens (tertiary/aromatic N) is 1. The fraction of sp³-hybridized carbons (Fsp3) is 0.900. The molecule has 78 valence electrons. The molecule has 0 N–H and O–H groups in total. The van der Waals surface area contributed by atoms with Crippen molar-refractivity contribution in [2.24, 2.45) is 0 Å². The summed E-state index contributed by atoms with van der Waals surface area (Å²) >= 11 is 1.87. The number of hydrogen-bond donors (Lipinski definition) is 0.